The van der Waals surface area contributed by atoms with Crippen LogP contribution < -0.4 is 5.32 Å². The van der Waals surface area contributed by atoms with Crippen LogP contribution in [0.2, 0.25) is 5.02 Å². The number of aryl methyl sites for hydroxylation is 1. The molecule has 0 aromatic heterocycles. The summed E-state index contributed by atoms with van der Waals surface area (Å²) in [5.74, 6) is 0. The molecule has 1 nitrogen and oxygen atoms in total. The Morgan fingerprint density at radius 2 is 1.83 bits per heavy atom. The Morgan fingerprint density at radius 1 is 1.11 bits per heavy atom. The molecule has 0 fully saturated rings. The van der Waals surface area contributed by atoms with Crippen LogP contribution in [0.25, 0.3) is 0 Å². The quantitative estimate of drug-likeness (QED) is 0.882. The van der Waals surface area contributed by atoms with Gasteiger partial charge in [0.25, 0.3) is 0 Å². The van der Waals surface area contributed by atoms with E-state index in [4.69, 9.17) is 11.6 Å². The maximum atomic E-state index is 6.04. The van der Waals surface area contributed by atoms with E-state index < -0.39 is 0 Å². The predicted molar refractivity (Wildman–Crippen MR) is 79.5 cm³/mol. The minimum atomic E-state index is 0.786. The molecule has 0 radical (unpaired) electrons. The van der Waals surface area contributed by atoms with Crippen LogP contribution >= 0.6 is 23.4 Å². The van der Waals surface area contributed by atoms with E-state index in [0.717, 1.165) is 11.6 Å². The Bertz CT molecular complexity index is 523. The summed E-state index contributed by atoms with van der Waals surface area (Å²) in [6.45, 7) is 2.93. The van der Waals surface area contributed by atoms with Crippen LogP contribution in [0.4, 0.5) is 0 Å². The Hall–Kier alpha value is -0.960. The number of halogens is 1. The monoisotopic (exact) mass is 277 g/mol. The second-order valence-electron chi connectivity index (χ2n) is 4.20. The maximum absolute atomic E-state index is 6.04. The van der Waals surface area contributed by atoms with Crippen LogP contribution in [0.15, 0.2) is 52.3 Å². The van der Waals surface area contributed by atoms with Gasteiger partial charge < -0.3 is 5.32 Å². The highest BCUT2D eigenvalue weighted by Crippen LogP contribution is 2.32. The average molecular weight is 278 g/mol. The molecule has 1 N–H and O–H groups in total. The lowest BCUT2D eigenvalue weighted by molar-refractivity contribution is 0.803. The van der Waals surface area contributed by atoms with Crippen molar-refractivity contribution in [3.8, 4) is 0 Å². The van der Waals surface area contributed by atoms with Crippen molar-refractivity contribution in [1.82, 2.24) is 5.32 Å². The van der Waals surface area contributed by atoms with Crippen LogP contribution in [-0.2, 0) is 6.54 Å². The second-order valence-corrected chi connectivity index (χ2v) is 5.75. The van der Waals surface area contributed by atoms with E-state index >= 15 is 0 Å². The van der Waals surface area contributed by atoms with E-state index in [1.54, 1.807) is 11.8 Å². The Morgan fingerprint density at radius 3 is 2.50 bits per heavy atom. The van der Waals surface area contributed by atoms with Crippen LogP contribution in [0.3, 0.4) is 0 Å². The van der Waals surface area contributed by atoms with Gasteiger partial charge in [-0.3, -0.25) is 0 Å². The molecule has 0 heterocycles. The zero-order chi connectivity index (χ0) is 13.0. The van der Waals surface area contributed by atoms with Crippen molar-refractivity contribution in [1.29, 1.82) is 0 Å². The third-order valence-corrected chi connectivity index (χ3v) is 4.00. The topological polar surface area (TPSA) is 12.0 Å². The summed E-state index contributed by atoms with van der Waals surface area (Å²) in [7, 11) is 1.95. The number of hydrogen-bond acceptors (Lipinski definition) is 2. The molecule has 0 aliphatic carbocycles. The maximum Gasteiger partial charge on any atom is 0.0410 e. The van der Waals surface area contributed by atoms with Crippen LogP contribution in [0.1, 0.15) is 11.1 Å². The molecule has 2 aromatic rings. The highest BCUT2D eigenvalue weighted by Gasteiger charge is 2.05. The number of benzene rings is 2. The third kappa shape index (κ3) is 3.52. The van der Waals surface area contributed by atoms with Gasteiger partial charge in [0, 0.05) is 21.4 Å². The first-order chi connectivity index (χ1) is 8.69. The van der Waals surface area contributed by atoms with Crippen molar-refractivity contribution in [2.24, 2.45) is 0 Å². The van der Waals surface area contributed by atoms with Gasteiger partial charge in [0.2, 0.25) is 0 Å². The molecular formula is C15H16ClNS. The van der Waals surface area contributed by atoms with Crippen molar-refractivity contribution in [2.75, 3.05) is 7.05 Å². The number of hydrogen-bond donors (Lipinski definition) is 1. The van der Waals surface area contributed by atoms with Gasteiger partial charge in [0.05, 0.1) is 0 Å². The Labute approximate surface area is 118 Å². The Kier molecular flexibility index (Phi) is 4.70. The number of rotatable bonds is 4. The van der Waals surface area contributed by atoms with Gasteiger partial charge in [-0.2, -0.15) is 0 Å². The van der Waals surface area contributed by atoms with Gasteiger partial charge >= 0.3 is 0 Å². The van der Waals surface area contributed by atoms with Gasteiger partial charge in [-0.1, -0.05) is 41.1 Å². The van der Waals surface area contributed by atoms with E-state index in [1.165, 1.54) is 20.9 Å². The van der Waals surface area contributed by atoms with E-state index in [0.29, 0.717) is 0 Å². The zero-order valence-electron chi connectivity index (χ0n) is 10.5. The lowest BCUT2D eigenvalue weighted by Crippen LogP contribution is -2.06. The van der Waals surface area contributed by atoms with Crippen molar-refractivity contribution in [2.45, 2.75) is 23.3 Å². The zero-order valence-corrected chi connectivity index (χ0v) is 12.1. The molecule has 0 saturated heterocycles. The normalized spacial score (nSPS) is 10.6. The van der Waals surface area contributed by atoms with E-state index in [9.17, 15) is 0 Å². The van der Waals surface area contributed by atoms with Gasteiger partial charge in [-0.15, -0.1) is 0 Å². The largest absolute Gasteiger partial charge is 0.316 e. The average Bonchev–Trinajstić information content (AvgIpc) is 2.36. The van der Waals surface area contributed by atoms with Crippen molar-refractivity contribution in [3.05, 3.63) is 58.6 Å². The van der Waals surface area contributed by atoms with E-state index in [-0.39, 0.29) is 0 Å². The van der Waals surface area contributed by atoms with Crippen LogP contribution in [0.5, 0.6) is 0 Å². The summed E-state index contributed by atoms with van der Waals surface area (Å²) < 4.78 is 0. The molecule has 0 atom stereocenters. The molecule has 18 heavy (non-hydrogen) atoms. The van der Waals surface area contributed by atoms with Gasteiger partial charge in [-0.05, 0) is 49.9 Å². The minimum Gasteiger partial charge on any atom is -0.316 e. The van der Waals surface area contributed by atoms with Crippen molar-refractivity contribution < 1.29 is 0 Å². The van der Waals surface area contributed by atoms with Crippen molar-refractivity contribution in [3.63, 3.8) is 0 Å². The highest BCUT2D eigenvalue weighted by atomic mass is 35.5. The molecule has 2 rings (SSSR count). The molecule has 0 amide bonds. The fraction of sp³-hybridized carbons (Fsp3) is 0.200. The molecule has 3 heteroatoms. The second kappa shape index (κ2) is 6.28. The standard InChI is InChI=1S/C15H16ClNS/c1-11-3-6-14(7-4-11)18-15-8-5-13(16)9-12(15)10-17-2/h3-9,17H,10H2,1-2H3. The molecule has 2 aromatic carbocycles. The van der Waals surface area contributed by atoms with Gasteiger partial charge in [0.1, 0.15) is 0 Å². The first-order valence-electron chi connectivity index (χ1n) is 5.86. The predicted octanol–water partition coefficient (Wildman–Crippen LogP) is 4.52. The molecule has 0 unspecified atom stereocenters. The number of nitrogens with one attached hydrogen (secondary N) is 1. The fourth-order valence-electron chi connectivity index (χ4n) is 1.71. The fourth-order valence-corrected chi connectivity index (χ4v) is 2.83. The van der Waals surface area contributed by atoms with Gasteiger partial charge in [-0.25, -0.2) is 0 Å². The summed E-state index contributed by atoms with van der Waals surface area (Å²) in [6, 6.07) is 14.6. The smallest absolute Gasteiger partial charge is 0.0410 e. The summed E-state index contributed by atoms with van der Waals surface area (Å²) in [4.78, 5) is 2.50. The molecule has 0 saturated carbocycles. The summed E-state index contributed by atoms with van der Waals surface area (Å²) >= 11 is 7.81. The highest BCUT2D eigenvalue weighted by molar-refractivity contribution is 7.99. The van der Waals surface area contributed by atoms with Gasteiger partial charge in [0.15, 0.2) is 0 Å². The molecule has 0 bridgehead atoms. The molecular weight excluding hydrogens is 262 g/mol. The summed E-state index contributed by atoms with van der Waals surface area (Å²) in [5.41, 5.74) is 2.52. The van der Waals surface area contributed by atoms with Crippen LogP contribution in [0, 0.1) is 6.92 Å². The SMILES string of the molecule is CNCc1cc(Cl)ccc1Sc1ccc(C)cc1. The molecule has 0 aliphatic rings. The van der Waals surface area contributed by atoms with E-state index in [2.05, 4.69) is 42.6 Å². The summed E-state index contributed by atoms with van der Waals surface area (Å²) in [5, 5.41) is 3.96. The molecule has 94 valence electrons. The van der Waals surface area contributed by atoms with Crippen molar-refractivity contribution >= 4 is 23.4 Å². The lowest BCUT2D eigenvalue weighted by Gasteiger charge is -2.09. The third-order valence-electron chi connectivity index (χ3n) is 2.64. The molecule has 0 spiro atoms. The first-order valence-corrected chi connectivity index (χ1v) is 7.06. The van der Waals surface area contributed by atoms with Crippen LogP contribution in [-0.4, -0.2) is 7.05 Å². The van der Waals surface area contributed by atoms with E-state index in [1.807, 2.05) is 19.2 Å². The molecule has 0 aliphatic heterocycles. The Balaban J connectivity index is 2.25. The summed E-state index contributed by atoms with van der Waals surface area (Å²) in [6.07, 6.45) is 0. The minimum absolute atomic E-state index is 0.786. The first kappa shape index (κ1) is 13.5. The lowest BCUT2D eigenvalue weighted by atomic mass is 10.2.